The lowest BCUT2D eigenvalue weighted by atomic mass is 10.00. The van der Waals surface area contributed by atoms with E-state index in [1.807, 2.05) is 0 Å². The Morgan fingerprint density at radius 1 is 1.14 bits per heavy atom. The van der Waals surface area contributed by atoms with Gasteiger partial charge in [0.05, 0.1) is 22.6 Å². The van der Waals surface area contributed by atoms with E-state index >= 15 is 0 Å². The van der Waals surface area contributed by atoms with Crippen molar-refractivity contribution in [1.82, 2.24) is 0 Å². The molecule has 2 aromatic rings. The third-order valence-electron chi connectivity index (χ3n) is 3.94. The number of sulfone groups is 1. The molecule has 0 bridgehead atoms. The van der Waals surface area contributed by atoms with E-state index < -0.39 is 60.7 Å². The summed E-state index contributed by atoms with van der Waals surface area (Å²) >= 11 is 0. The van der Waals surface area contributed by atoms with Crippen LogP contribution in [0.3, 0.4) is 0 Å². The summed E-state index contributed by atoms with van der Waals surface area (Å²) in [5.41, 5.74) is -3.78. The van der Waals surface area contributed by atoms with Crippen LogP contribution in [0.2, 0.25) is 0 Å². The summed E-state index contributed by atoms with van der Waals surface area (Å²) in [5, 5.41) is 4.06. The van der Waals surface area contributed by atoms with Crippen molar-refractivity contribution in [2.24, 2.45) is 0 Å². The summed E-state index contributed by atoms with van der Waals surface area (Å²) < 4.78 is 111. The molecule has 1 N–H and O–H groups in total. The van der Waals surface area contributed by atoms with Crippen LogP contribution < -0.4 is 4.74 Å². The number of rotatable bonds is 3. The molecule has 12 heteroatoms. The average Bonchev–Trinajstić information content (AvgIpc) is 2.69. The summed E-state index contributed by atoms with van der Waals surface area (Å²) in [5.74, 6) is -7.45. The first-order valence-corrected chi connectivity index (χ1v) is 8.68. The van der Waals surface area contributed by atoms with E-state index in [4.69, 9.17) is 11.3 Å². The topological polar surface area (TPSA) is 68.0 Å². The highest BCUT2D eigenvalue weighted by atomic mass is 32.2. The monoisotopic (exact) mass is 423 g/mol. The van der Waals surface area contributed by atoms with Crippen molar-refractivity contribution in [2.45, 2.75) is 22.4 Å². The summed E-state index contributed by atoms with van der Waals surface area (Å²) in [7, 11) is -5.80. The molecule has 0 amide bonds. The van der Waals surface area contributed by atoms with E-state index in [-0.39, 0.29) is 5.69 Å². The minimum Gasteiger partial charge on any atom is -0.458 e. The van der Waals surface area contributed by atoms with Gasteiger partial charge in [-0.25, -0.2) is 26.4 Å². The van der Waals surface area contributed by atoms with Gasteiger partial charge in [0.2, 0.25) is 9.84 Å². The SMILES string of the molecule is [C-]#[N+]c1cc(F)cc(Oc2ccc3c(c2C(F)F)C(O)(F)C(F)(F)S3(=O)=O)c1. The Kier molecular flexibility index (Phi) is 4.36. The molecule has 0 fully saturated rings. The van der Waals surface area contributed by atoms with E-state index in [1.165, 1.54) is 0 Å². The number of alkyl halides is 5. The van der Waals surface area contributed by atoms with Crippen LogP contribution in [0.25, 0.3) is 4.85 Å². The van der Waals surface area contributed by atoms with Gasteiger partial charge >= 0.3 is 11.1 Å². The van der Waals surface area contributed by atoms with Crippen molar-refractivity contribution in [1.29, 1.82) is 0 Å². The van der Waals surface area contributed by atoms with Crippen LogP contribution in [0.5, 0.6) is 11.5 Å². The second-order valence-electron chi connectivity index (χ2n) is 5.65. The van der Waals surface area contributed by atoms with Gasteiger partial charge in [-0.2, -0.15) is 13.2 Å². The molecule has 0 aromatic heterocycles. The van der Waals surface area contributed by atoms with Crippen molar-refractivity contribution in [3.63, 3.8) is 0 Å². The predicted molar refractivity (Wildman–Crippen MR) is 81.3 cm³/mol. The second kappa shape index (κ2) is 6.11. The molecular formula is C16H7F6NO4S. The Labute approximate surface area is 153 Å². The lowest BCUT2D eigenvalue weighted by molar-refractivity contribution is -0.214. The molecule has 0 saturated heterocycles. The molecule has 1 atom stereocenters. The van der Waals surface area contributed by atoms with E-state index in [9.17, 15) is 39.9 Å². The molecule has 1 aliphatic heterocycles. The highest BCUT2D eigenvalue weighted by molar-refractivity contribution is 7.93. The molecule has 0 spiro atoms. The average molecular weight is 423 g/mol. The van der Waals surface area contributed by atoms with E-state index in [0.29, 0.717) is 18.2 Å². The molecule has 0 saturated carbocycles. The van der Waals surface area contributed by atoms with Gasteiger partial charge in [0.1, 0.15) is 17.3 Å². The zero-order valence-electron chi connectivity index (χ0n) is 13.3. The summed E-state index contributed by atoms with van der Waals surface area (Å²) in [6.45, 7) is 6.82. The Morgan fingerprint density at radius 2 is 1.79 bits per heavy atom. The smallest absolute Gasteiger partial charge is 0.411 e. The fourth-order valence-corrected chi connectivity index (χ4v) is 4.21. The minimum atomic E-state index is -5.80. The number of fused-ring (bicyclic) bond motifs is 1. The molecule has 1 aliphatic rings. The quantitative estimate of drug-likeness (QED) is 0.579. The first-order chi connectivity index (χ1) is 12.8. The van der Waals surface area contributed by atoms with Crippen LogP contribution in [0, 0.1) is 12.4 Å². The van der Waals surface area contributed by atoms with Crippen molar-refractivity contribution >= 4 is 15.5 Å². The van der Waals surface area contributed by atoms with Crippen molar-refractivity contribution in [2.75, 3.05) is 0 Å². The first-order valence-electron chi connectivity index (χ1n) is 7.19. The number of halogens is 6. The van der Waals surface area contributed by atoms with Gasteiger partial charge in [0.15, 0.2) is 5.69 Å². The zero-order chi connectivity index (χ0) is 21.1. The van der Waals surface area contributed by atoms with Crippen LogP contribution in [-0.2, 0) is 15.7 Å². The summed E-state index contributed by atoms with van der Waals surface area (Å²) in [4.78, 5) is 1.39. The minimum absolute atomic E-state index is 0.286. The summed E-state index contributed by atoms with van der Waals surface area (Å²) in [6, 6.07) is 3.30. The molecule has 148 valence electrons. The largest absolute Gasteiger partial charge is 0.458 e. The number of benzene rings is 2. The fraction of sp³-hybridized carbons (Fsp3) is 0.188. The lowest BCUT2D eigenvalue weighted by Crippen LogP contribution is -2.41. The number of aliphatic hydroxyl groups is 1. The van der Waals surface area contributed by atoms with Crippen LogP contribution in [-0.4, -0.2) is 18.8 Å². The zero-order valence-corrected chi connectivity index (χ0v) is 14.1. The molecule has 28 heavy (non-hydrogen) atoms. The van der Waals surface area contributed by atoms with Gasteiger partial charge in [-0.15, -0.1) is 0 Å². The van der Waals surface area contributed by atoms with Crippen LogP contribution in [0.4, 0.5) is 32.0 Å². The Bertz CT molecular complexity index is 1120. The van der Waals surface area contributed by atoms with Gasteiger partial charge in [-0.05, 0) is 24.3 Å². The number of nitrogens with zero attached hydrogens (tertiary/aromatic N) is 1. The first kappa shape index (κ1) is 20.0. The van der Waals surface area contributed by atoms with Gasteiger partial charge in [-0.1, -0.05) is 0 Å². The fourth-order valence-electron chi connectivity index (χ4n) is 2.71. The van der Waals surface area contributed by atoms with Gasteiger partial charge in [0, 0.05) is 6.07 Å². The van der Waals surface area contributed by atoms with Crippen molar-refractivity contribution < 1.29 is 44.6 Å². The Balaban J connectivity index is 2.26. The van der Waals surface area contributed by atoms with Gasteiger partial charge in [0.25, 0.3) is 6.43 Å². The molecule has 1 unspecified atom stereocenters. The van der Waals surface area contributed by atoms with Crippen molar-refractivity contribution in [3.8, 4) is 11.5 Å². The molecule has 0 radical (unpaired) electrons. The Hall–Kier alpha value is -2.78. The van der Waals surface area contributed by atoms with Crippen LogP contribution in [0.15, 0.2) is 35.2 Å². The van der Waals surface area contributed by atoms with Gasteiger partial charge in [-0.3, -0.25) is 0 Å². The molecule has 0 aliphatic carbocycles. The van der Waals surface area contributed by atoms with Crippen LogP contribution >= 0.6 is 0 Å². The third-order valence-corrected chi connectivity index (χ3v) is 5.81. The maximum absolute atomic E-state index is 14.3. The summed E-state index contributed by atoms with van der Waals surface area (Å²) in [6.07, 6.45) is -3.75. The Morgan fingerprint density at radius 3 is 2.36 bits per heavy atom. The maximum Gasteiger partial charge on any atom is 0.411 e. The van der Waals surface area contributed by atoms with Crippen molar-refractivity contribution in [3.05, 3.63) is 58.7 Å². The molecule has 3 rings (SSSR count). The van der Waals surface area contributed by atoms with E-state index in [0.717, 1.165) is 12.1 Å². The normalized spacial score (nSPS) is 22.0. The number of hydrogen-bond donors (Lipinski definition) is 1. The van der Waals surface area contributed by atoms with Crippen LogP contribution in [0.1, 0.15) is 17.6 Å². The number of hydrogen-bond acceptors (Lipinski definition) is 4. The lowest BCUT2D eigenvalue weighted by Gasteiger charge is -2.22. The second-order valence-corrected chi connectivity index (χ2v) is 7.61. The molecule has 5 nitrogen and oxygen atoms in total. The standard InChI is InChI=1S/C16H7F6NO4S/c1-23-8-4-7(17)5-9(6-8)27-10-2-3-11-13(12(10)14(18)19)15(20,24)16(21,22)28(11,25)26/h2-6,14,24H. The van der Waals surface area contributed by atoms with E-state index in [1.54, 1.807) is 0 Å². The molecule has 2 aromatic carbocycles. The van der Waals surface area contributed by atoms with Gasteiger partial charge < -0.3 is 9.84 Å². The molecular weight excluding hydrogens is 416 g/mol. The number of ether oxygens (including phenoxy) is 1. The highest BCUT2D eigenvalue weighted by Gasteiger charge is 2.73. The third kappa shape index (κ3) is 2.61. The highest BCUT2D eigenvalue weighted by Crippen LogP contribution is 2.57. The predicted octanol–water partition coefficient (Wildman–Crippen LogP) is 4.60. The van der Waals surface area contributed by atoms with E-state index in [2.05, 4.69) is 4.85 Å². The molecule has 1 heterocycles. The maximum atomic E-state index is 14.3.